The molecule has 1 saturated carbocycles. The van der Waals surface area contributed by atoms with Crippen LogP contribution >= 0.6 is 0 Å². The molecule has 0 bridgehead atoms. The molecule has 3 fully saturated rings. The Bertz CT molecular complexity index is 1590. The average Bonchev–Trinajstić information content (AvgIpc) is 3.65. The van der Waals surface area contributed by atoms with Crippen molar-refractivity contribution in [3.8, 4) is 11.1 Å². The molecule has 3 aliphatic heterocycles. The minimum absolute atomic E-state index is 0.0212. The zero-order valence-electron chi connectivity index (χ0n) is 22.8. The molecular formula is C31H29F3N4O4. The van der Waals surface area contributed by atoms with E-state index in [2.05, 4.69) is 0 Å². The summed E-state index contributed by atoms with van der Waals surface area (Å²) < 4.78 is 44.6. The van der Waals surface area contributed by atoms with Crippen LogP contribution in [0.1, 0.15) is 31.2 Å². The molecule has 3 amide bonds. The van der Waals surface area contributed by atoms with Gasteiger partial charge in [0.1, 0.15) is 17.0 Å². The Morgan fingerprint density at radius 3 is 2.26 bits per heavy atom. The topological polar surface area (TPSA) is 86.4 Å². The molecule has 1 aliphatic carbocycles. The van der Waals surface area contributed by atoms with Gasteiger partial charge in [0.05, 0.1) is 6.26 Å². The summed E-state index contributed by atoms with van der Waals surface area (Å²) in [5.41, 5.74) is 2.29. The molecule has 2 saturated heterocycles. The third-order valence-electron chi connectivity index (χ3n) is 8.90. The maximum atomic E-state index is 13.9. The zero-order valence-corrected chi connectivity index (χ0v) is 22.8. The second kappa shape index (κ2) is 9.71. The number of carbonyl (C=O) groups excluding carboxylic acids is 3. The number of piperidine rings is 1. The fourth-order valence-electron chi connectivity index (χ4n) is 6.30. The highest BCUT2D eigenvalue weighted by molar-refractivity contribution is 6.15. The number of carbonyl (C=O) groups is 3. The summed E-state index contributed by atoms with van der Waals surface area (Å²) in [5, 5.41) is 0.987. The average molecular weight is 579 g/mol. The van der Waals surface area contributed by atoms with Crippen molar-refractivity contribution in [2.75, 3.05) is 32.7 Å². The fourth-order valence-corrected chi connectivity index (χ4v) is 6.30. The second-order valence-electron chi connectivity index (χ2n) is 11.8. The first kappa shape index (κ1) is 26.7. The number of aliphatic imine (C=N–C) groups is 1. The van der Waals surface area contributed by atoms with Crippen LogP contribution in [-0.2, 0) is 14.4 Å². The molecule has 0 unspecified atom stereocenters. The Morgan fingerprint density at radius 1 is 0.929 bits per heavy atom. The quantitative estimate of drug-likeness (QED) is 0.447. The van der Waals surface area contributed by atoms with Crippen LogP contribution in [0.15, 0.2) is 64.2 Å². The molecule has 1 spiro atoms. The summed E-state index contributed by atoms with van der Waals surface area (Å²) in [6, 6.07) is 15.5. The minimum atomic E-state index is -4.96. The van der Waals surface area contributed by atoms with E-state index < -0.39 is 17.6 Å². The van der Waals surface area contributed by atoms with Gasteiger partial charge in [-0.3, -0.25) is 24.3 Å². The number of fused-ring (bicyclic) bond motifs is 1. The number of amidine groups is 1. The molecule has 4 aliphatic rings. The van der Waals surface area contributed by atoms with E-state index in [4.69, 9.17) is 9.41 Å². The Kier molecular flexibility index (Phi) is 6.18. The number of alkyl halides is 3. The van der Waals surface area contributed by atoms with Gasteiger partial charge in [0.2, 0.25) is 5.91 Å². The number of nitrogens with zero attached hydrogens (tertiary/aromatic N) is 4. The highest BCUT2D eigenvalue weighted by atomic mass is 19.4. The van der Waals surface area contributed by atoms with Gasteiger partial charge in [-0.2, -0.15) is 13.2 Å². The Balaban J connectivity index is 1.14. The van der Waals surface area contributed by atoms with E-state index in [1.54, 1.807) is 11.2 Å². The highest BCUT2D eigenvalue weighted by Gasteiger charge is 2.53. The first-order valence-corrected chi connectivity index (χ1v) is 14.3. The monoisotopic (exact) mass is 578 g/mol. The van der Waals surface area contributed by atoms with Crippen molar-refractivity contribution in [2.45, 2.75) is 37.4 Å². The molecule has 4 heterocycles. The maximum Gasteiger partial charge on any atom is 0.471 e. The Hall–Kier alpha value is -4.15. The molecule has 0 radical (unpaired) electrons. The van der Waals surface area contributed by atoms with Crippen molar-refractivity contribution in [1.82, 2.24) is 14.7 Å². The first-order chi connectivity index (χ1) is 20.1. The number of halogens is 3. The molecule has 2 aromatic carbocycles. The Morgan fingerprint density at radius 2 is 1.60 bits per heavy atom. The summed E-state index contributed by atoms with van der Waals surface area (Å²) in [6.45, 7) is 1.12. The lowest BCUT2D eigenvalue weighted by Crippen LogP contribution is -2.57. The van der Waals surface area contributed by atoms with E-state index in [1.165, 1.54) is 0 Å². The van der Waals surface area contributed by atoms with Gasteiger partial charge in [0.25, 0.3) is 5.91 Å². The number of furan rings is 1. The van der Waals surface area contributed by atoms with Gasteiger partial charge < -0.3 is 14.2 Å². The van der Waals surface area contributed by atoms with E-state index in [0.29, 0.717) is 25.5 Å². The SMILES string of the molecule is O=C(C1CC1)N1CC(CN2C(=O)C3(CCN(C(=O)C(F)(F)F)CC3)N=C2c2ccc(-c3ccc4occc4c3)cc2)C1. The van der Waals surface area contributed by atoms with Crippen molar-refractivity contribution >= 4 is 34.5 Å². The molecule has 1 aromatic heterocycles. The number of benzene rings is 2. The predicted octanol–water partition coefficient (Wildman–Crippen LogP) is 4.48. The normalized spacial score (nSPS) is 20.8. The van der Waals surface area contributed by atoms with Crippen LogP contribution in [0.25, 0.3) is 22.1 Å². The standard InChI is InChI=1S/C31H29F3N4O4/c32-31(33,34)29(41)36-12-10-30(11-13-36)28(40)38(18-19-16-37(17-19)27(39)22-5-6-22)26(35-30)21-3-1-20(2-4-21)23-7-8-25-24(15-23)9-14-42-25/h1-4,7-9,14-15,19,22H,5-6,10-13,16-18H2. The molecule has 42 heavy (non-hydrogen) atoms. The lowest BCUT2D eigenvalue weighted by atomic mass is 9.87. The van der Waals surface area contributed by atoms with Crippen molar-refractivity contribution in [3.05, 3.63) is 60.4 Å². The van der Waals surface area contributed by atoms with Gasteiger partial charge in [-0.05, 0) is 55.0 Å². The van der Waals surface area contributed by atoms with Gasteiger partial charge in [-0.1, -0.05) is 30.3 Å². The van der Waals surface area contributed by atoms with E-state index in [0.717, 1.165) is 45.4 Å². The fraction of sp³-hybridized carbons (Fsp3) is 0.419. The lowest BCUT2D eigenvalue weighted by molar-refractivity contribution is -0.187. The minimum Gasteiger partial charge on any atom is -0.464 e. The van der Waals surface area contributed by atoms with E-state index in [9.17, 15) is 27.6 Å². The number of hydrogen-bond donors (Lipinski definition) is 0. The molecular weight excluding hydrogens is 549 g/mol. The van der Waals surface area contributed by atoms with Crippen molar-refractivity contribution in [3.63, 3.8) is 0 Å². The molecule has 3 aromatic rings. The van der Waals surface area contributed by atoms with Crippen LogP contribution in [0.2, 0.25) is 0 Å². The van der Waals surface area contributed by atoms with E-state index >= 15 is 0 Å². The smallest absolute Gasteiger partial charge is 0.464 e. The molecule has 0 N–H and O–H groups in total. The van der Waals surface area contributed by atoms with Crippen molar-refractivity contribution in [1.29, 1.82) is 0 Å². The van der Waals surface area contributed by atoms with Gasteiger partial charge in [0, 0.05) is 55.5 Å². The summed E-state index contributed by atoms with van der Waals surface area (Å²) in [7, 11) is 0. The van der Waals surface area contributed by atoms with Crippen molar-refractivity contribution < 1.29 is 32.0 Å². The number of likely N-dealkylation sites (tertiary alicyclic amines) is 2. The molecule has 11 heteroatoms. The maximum absolute atomic E-state index is 13.9. The second-order valence-corrected chi connectivity index (χ2v) is 11.8. The number of rotatable bonds is 5. The Labute approximate surface area is 239 Å². The molecule has 0 atom stereocenters. The predicted molar refractivity (Wildman–Crippen MR) is 147 cm³/mol. The summed E-state index contributed by atoms with van der Waals surface area (Å²) in [5.74, 6) is -1.25. The highest BCUT2D eigenvalue weighted by Crippen LogP contribution is 2.38. The van der Waals surface area contributed by atoms with Gasteiger partial charge in [0.15, 0.2) is 0 Å². The van der Waals surface area contributed by atoms with Crippen LogP contribution in [0.3, 0.4) is 0 Å². The van der Waals surface area contributed by atoms with Crippen LogP contribution in [0.5, 0.6) is 0 Å². The number of amides is 3. The van der Waals surface area contributed by atoms with Crippen LogP contribution in [0, 0.1) is 11.8 Å². The van der Waals surface area contributed by atoms with Gasteiger partial charge in [-0.25, -0.2) is 0 Å². The third kappa shape index (κ3) is 4.64. The van der Waals surface area contributed by atoms with E-state index in [-0.39, 0.29) is 49.6 Å². The number of hydrogen-bond acceptors (Lipinski definition) is 5. The van der Waals surface area contributed by atoms with E-state index in [1.807, 2.05) is 53.4 Å². The van der Waals surface area contributed by atoms with Crippen LogP contribution in [0.4, 0.5) is 13.2 Å². The first-order valence-electron chi connectivity index (χ1n) is 14.3. The largest absolute Gasteiger partial charge is 0.471 e. The van der Waals surface area contributed by atoms with Gasteiger partial charge in [-0.15, -0.1) is 0 Å². The van der Waals surface area contributed by atoms with Crippen LogP contribution in [-0.4, -0.2) is 82.7 Å². The molecule has 7 rings (SSSR count). The third-order valence-corrected chi connectivity index (χ3v) is 8.90. The summed E-state index contributed by atoms with van der Waals surface area (Å²) in [6.07, 6.45) is -1.40. The lowest BCUT2D eigenvalue weighted by Gasteiger charge is -2.42. The summed E-state index contributed by atoms with van der Waals surface area (Å²) in [4.78, 5) is 47.3. The van der Waals surface area contributed by atoms with Crippen molar-refractivity contribution in [2.24, 2.45) is 16.8 Å². The molecule has 8 nitrogen and oxygen atoms in total. The molecule has 218 valence electrons. The van der Waals surface area contributed by atoms with Crippen LogP contribution < -0.4 is 0 Å². The zero-order chi connectivity index (χ0) is 29.2. The van der Waals surface area contributed by atoms with Gasteiger partial charge >= 0.3 is 12.1 Å². The summed E-state index contributed by atoms with van der Waals surface area (Å²) >= 11 is 0.